The van der Waals surface area contributed by atoms with Gasteiger partial charge in [-0.2, -0.15) is 0 Å². The Morgan fingerprint density at radius 1 is 1.16 bits per heavy atom. The molecule has 0 spiro atoms. The number of tetrazole rings is 1. The third-order valence-corrected chi connectivity index (χ3v) is 3.87. The first-order valence-electron chi connectivity index (χ1n) is 7.51. The zero-order valence-corrected chi connectivity index (χ0v) is 14.3. The van der Waals surface area contributed by atoms with E-state index in [2.05, 4.69) is 15.5 Å². The van der Waals surface area contributed by atoms with Gasteiger partial charge in [-0.05, 0) is 72.3 Å². The van der Waals surface area contributed by atoms with Gasteiger partial charge in [0, 0.05) is 5.02 Å². The Labute approximate surface area is 149 Å². The van der Waals surface area contributed by atoms with Crippen LogP contribution in [-0.2, 0) is 4.79 Å². The van der Waals surface area contributed by atoms with Crippen LogP contribution in [-0.4, -0.2) is 32.3 Å². The van der Waals surface area contributed by atoms with Crippen LogP contribution in [0.1, 0.15) is 12.5 Å². The summed E-state index contributed by atoms with van der Waals surface area (Å²) in [5, 5.41) is 11.6. The Bertz CT molecular complexity index is 866. The van der Waals surface area contributed by atoms with Crippen molar-refractivity contribution in [2.45, 2.75) is 20.0 Å². The largest absolute Gasteiger partial charge is 0.479 e. The molecular formula is C17H15ClN4O3. The van der Waals surface area contributed by atoms with Crippen LogP contribution in [0.5, 0.6) is 11.5 Å². The quantitative estimate of drug-likeness (QED) is 0.515. The van der Waals surface area contributed by atoms with E-state index >= 15 is 0 Å². The molecule has 1 heterocycles. The van der Waals surface area contributed by atoms with Crippen molar-refractivity contribution in [1.29, 1.82) is 0 Å². The number of benzene rings is 2. The molecule has 8 heteroatoms. The summed E-state index contributed by atoms with van der Waals surface area (Å²) in [6.45, 7) is 3.49. The van der Waals surface area contributed by atoms with Crippen LogP contribution in [0.15, 0.2) is 48.8 Å². The molecule has 128 valence electrons. The molecular weight excluding hydrogens is 344 g/mol. The second-order valence-electron chi connectivity index (χ2n) is 5.34. The highest BCUT2D eigenvalue weighted by molar-refractivity contribution is 6.31. The van der Waals surface area contributed by atoms with Gasteiger partial charge in [0.2, 0.25) is 0 Å². The highest BCUT2D eigenvalue weighted by atomic mass is 35.5. The van der Waals surface area contributed by atoms with Gasteiger partial charge in [0.1, 0.15) is 17.8 Å². The van der Waals surface area contributed by atoms with Crippen LogP contribution in [0.3, 0.4) is 0 Å². The van der Waals surface area contributed by atoms with Gasteiger partial charge in [-0.3, -0.25) is 0 Å². The average Bonchev–Trinajstić information content (AvgIpc) is 3.13. The van der Waals surface area contributed by atoms with E-state index in [4.69, 9.17) is 21.1 Å². The molecule has 0 unspecified atom stereocenters. The van der Waals surface area contributed by atoms with Crippen LogP contribution in [0, 0.1) is 6.92 Å². The number of hydrogen-bond donors (Lipinski definition) is 0. The van der Waals surface area contributed by atoms with Gasteiger partial charge in [-0.15, -0.1) is 5.10 Å². The fourth-order valence-electron chi connectivity index (χ4n) is 2.09. The number of nitrogens with zero attached hydrogens (tertiary/aromatic N) is 4. The lowest BCUT2D eigenvalue weighted by Crippen LogP contribution is -2.28. The average molecular weight is 359 g/mol. The van der Waals surface area contributed by atoms with E-state index in [1.54, 1.807) is 49.4 Å². The molecule has 3 rings (SSSR count). The van der Waals surface area contributed by atoms with Crippen molar-refractivity contribution in [1.82, 2.24) is 20.2 Å². The molecule has 0 saturated heterocycles. The summed E-state index contributed by atoms with van der Waals surface area (Å²) in [6, 6.07) is 12.0. The van der Waals surface area contributed by atoms with Crippen molar-refractivity contribution < 1.29 is 14.3 Å². The van der Waals surface area contributed by atoms with Gasteiger partial charge >= 0.3 is 5.97 Å². The predicted molar refractivity (Wildman–Crippen MR) is 91.1 cm³/mol. The summed E-state index contributed by atoms with van der Waals surface area (Å²) in [5.41, 5.74) is 1.63. The highest BCUT2D eigenvalue weighted by Crippen LogP contribution is 2.22. The minimum atomic E-state index is -0.764. The molecule has 3 aromatic rings. The van der Waals surface area contributed by atoms with Crippen LogP contribution in [0.25, 0.3) is 5.69 Å². The molecule has 1 aromatic heterocycles. The van der Waals surface area contributed by atoms with Gasteiger partial charge in [-0.1, -0.05) is 11.6 Å². The number of aromatic nitrogens is 4. The van der Waals surface area contributed by atoms with Crippen LogP contribution in [0.4, 0.5) is 0 Å². The van der Waals surface area contributed by atoms with Crippen molar-refractivity contribution >= 4 is 17.6 Å². The van der Waals surface area contributed by atoms with E-state index in [0.29, 0.717) is 16.5 Å². The minimum Gasteiger partial charge on any atom is -0.479 e. The predicted octanol–water partition coefficient (Wildman–Crippen LogP) is 3.00. The first kappa shape index (κ1) is 16.9. The van der Waals surface area contributed by atoms with Crippen LogP contribution < -0.4 is 9.47 Å². The Morgan fingerprint density at radius 3 is 2.52 bits per heavy atom. The number of carbonyl (C=O) groups excluding carboxylic acids is 1. The number of ether oxygens (including phenoxy) is 2. The minimum absolute atomic E-state index is 0.407. The number of halogens is 1. The lowest BCUT2D eigenvalue weighted by Gasteiger charge is -2.14. The Hall–Kier alpha value is -2.93. The molecule has 0 aliphatic rings. The van der Waals surface area contributed by atoms with Gasteiger partial charge < -0.3 is 9.47 Å². The third kappa shape index (κ3) is 4.13. The molecule has 0 saturated carbocycles. The maximum Gasteiger partial charge on any atom is 0.352 e. The second-order valence-corrected chi connectivity index (χ2v) is 5.75. The van der Waals surface area contributed by atoms with Gasteiger partial charge in [0.05, 0.1) is 5.69 Å². The molecule has 0 N–H and O–H groups in total. The SMILES string of the molecule is Cc1cc(O[C@@H](C)C(=O)Oc2ccc(-n3cnnn3)cc2)ccc1Cl. The fourth-order valence-corrected chi connectivity index (χ4v) is 2.21. The first-order valence-corrected chi connectivity index (χ1v) is 7.88. The maximum atomic E-state index is 12.2. The van der Waals surface area contributed by atoms with E-state index in [0.717, 1.165) is 11.3 Å². The normalized spacial score (nSPS) is 11.8. The molecule has 0 aliphatic carbocycles. The van der Waals surface area contributed by atoms with Gasteiger partial charge in [0.25, 0.3) is 0 Å². The lowest BCUT2D eigenvalue weighted by molar-refractivity contribution is -0.141. The lowest BCUT2D eigenvalue weighted by atomic mass is 10.2. The van der Waals surface area contributed by atoms with E-state index < -0.39 is 12.1 Å². The van der Waals surface area contributed by atoms with E-state index in [1.165, 1.54) is 11.0 Å². The topological polar surface area (TPSA) is 79.1 Å². The smallest absolute Gasteiger partial charge is 0.352 e. The molecule has 2 aromatic carbocycles. The van der Waals surface area contributed by atoms with E-state index in [-0.39, 0.29) is 0 Å². The molecule has 7 nitrogen and oxygen atoms in total. The van der Waals surface area contributed by atoms with Crippen molar-refractivity contribution in [3.8, 4) is 17.2 Å². The Morgan fingerprint density at radius 2 is 1.88 bits per heavy atom. The zero-order chi connectivity index (χ0) is 17.8. The first-order chi connectivity index (χ1) is 12.0. The highest BCUT2D eigenvalue weighted by Gasteiger charge is 2.17. The van der Waals surface area contributed by atoms with Crippen molar-refractivity contribution in [3.63, 3.8) is 0 Å². The molecule has 0 amide bonds. The fraction of sp³-hybridized carbons (Fsp3) is 0.176. The molecule has 1 atom stereocenters. The number of aryl methyl sites for hydroxylation is 1. The number of rotatable bonds is 5. The van der Waals surface area contributed by atoms with Gasteiger partial charge in [-0.25, -0.2) is 9.48 Å². The Kier molecular flexibility index (Phi) is 4.95. The van der Waals surface area contributed by atoms with E-state index in [9.17, 15) is 4.79 Å². The standard InChI is InChI=1S/C17H15ClN4O3/c1-11-9-15(7-8-16(11)18)24-12(2)17(23)25-14-5-3-13(4-6-14)22-10-19-20-21-22/h3-10,12H,1-2H3/t12-/m0/s1. The zero-order valence-electron chi connectivity index (χ0n) is 13.6. The van der Waals surface area contributed by atoms with Crippen molar-refractivity contribution in [3.05, 3.63) is 59.4 Å². The summed E-state index contributed by atoms with van der Waals surface area (Å²) < 4.78 is 12.4. The number of esters is 1. The molecule has 0 aliphatic heterocycles. The van der Waals surface area contributed by atoms with E-state index in [1.807, 2.05) is 6.92 Å². The summed E-state index contributed by atoms with van der Waals surface area (Å²) >= 11 is 5.98. The molecule has 0 bridgehead atoms. The van der Waals surface area contributed by atoms with Gasteiger partial charge in [0.15, 0.2) is 6.10 Å². The summed E-state index contributed by atoms with van der Waals surface area (Å²) in [6.07, 6.45) is 0.713. The maximum absolute atomic E-state index is 12.2. The Balaban J connectivity index is 1.62. The van der Waals surface area contributed by atoms with Crippen molar-refractivity contribution in [2.24, 2.45) is 0 Å². The number of hydrogen-bond acceptors (Lipinski definition) is 6. The van der Waals surface area contributed by atoms with Crippen molar-refractivity contribution in [2.75, 3.05) is 0 Å². The third-order valence-electron chi connectivity index (χ3n) is 3.44. The summed E-state index contributed by atoms with van der Waals surface area (Å²) in [5.74, 6) is 0.465. The molecule has 25 heavy (non-hydrogen) atoms. The van der Waals surface area contributed by atoms with Crippen LogP contribution >= 0.6 is 11.6 Å². The summed E-state index contributed by atoms with van der Waals surface area (Å²) in [7, 11) is 0. The molecule has 0 radical (unpaired) electrons. The number of carbonyl (C=O) groups is 1. The summed E-state index contributed by atoms with van der Waals surface area (Å²) in [4.78, 5) is 12.2. The molecule has 0 fully saturated rings. The van der Waals surface area contributed by atoms with Crippen LogP contribution in [0.2, 0.25) is 5.02 Å². The second kappa shape index (κ2) is 7.31. The monoisotopic (exact) mass is 358 g/mol.